The molecule has 0 aliphatic rings. The number of rotatable bonds is 12. The number of methoxy groups -OCH3 is 2. The van der Waals surface area contributed by atoms with Crippen LogP contribution >= 0.6 is 0 Å². The first kappa shape index (κ1) is 28.1. The highest BCUT2D eigenvalue weighted by Gasteiger charge is 2.28. The summed E-state index contributed by atoms with van der Waals surface area (Å²) in [6.07, 6.45) is -0.651. The fourth-order valence-corrected chi connectivity index (χ4v) is 4.99. The van der Waals surface area contributed by atoms with E-state index in [-0.39, 0.29) is 23.7 Å². The Balaban J connectivity index is 2.29. The Hall–Kier alpha value is -2.17. The molecule has 0 bridgehead atoms. The highest BCUT2D eigenvalue weighted by molar-refractivity contribution is 7.89. The fourth-order valence-electron chi connectivity index (χ4n) is 3.41. The third-order valence-corrected chi connectivity index (χ3v) is 6.89. The Labute approximate surface area is 204 Å². The third kappa shape index (κ3) is 7.95. The summed E-state index contributed by atoms with van der Waals surface area (Å²) in [4.78, 5) is 0.0436. The normalized spacial score (nSPS) is 13.2. The van der Waals surface area contributed by atoms with Crippen molar-refractivity contribution in [3.05, 3.63) is 47.5 Å². The summed E-state index contributed by atoms with van der Waals surface area (Å²) in [5.41, 5.74) is 1.64. The summed E-state index contributed by atoms with van der Waals surface area (Å²) in [5.74, 6) is 1.24. The molecule has 2 rings (SSSR count). The van der Waals surface area contributed by atoms with Gasteiger partial charge in [-0.05, 0) is 70.0 Å². The van der Waals surface area contributed by atoms with Crippen LogP contribution in [0.2, 0.25) is 0 Å². The third-order valence-electron chi connectivity index (χ3n) is 4.89. The lowest BCUT2D eigenvalue weighted by atomic mass is 10.1. The van der Waals surface area contributed by atoms with Gasteiger partial charge in [0.25, 0.3) is 0 Å². The Morgan fingerprint density at radius 1 is 1.00 bits per heavy atom. The minimum absolute atomic E-state index is 0.0436. The molecule has 0 saturated carbocycles. The van der Waals surface area contributed by atoms with E-state index >= 15 is 0 Å². The zero-order valence-electron chi connectivity index (χ0n) is 21.5. The molecular formula is C25H38N2O6S. The lowest BCUT2D eigenvalue weighted by Gasteiger charge is -2.28. The molecule has 2 aromatic carbocycles. The zero-order valence-corrected chi connectivity index (χ0v) is 22.3. The first-order valence-electron chi connectivity index (χ1n) is 11.3. The molecule has 9 heteroatoms. The van der Waals surface area contributed by atoms with Gasteiger partial charge in [0, 0.05) is 32.8 Å². The van der Waals surface area contributed by atoms with Crippen molar-refractivity contribution < 1.29 is 27.4 Å². The van der Waals surface area contributed by atoms with Crippen LogP contribution < -0.4 is 14.8 Å². The quantitative estimate of drug-likeness (QED) is 0.436. The topological polar surface area (TPSA) is 86.3 Å². The summed E-state index contributed by atoms with van der Waals surface area (Å²) in [5, 5.41) is 3.10. The maximum absolute atomic E-state index is 13.7. The average molecular weight is 495 g/mol. The van der Waals surface area contributed by atoms with Crippen LogP contribution in [-0.2, 0) is 19.5 Å². The summed E-state index contributed by atoms with van der Waals surface area (Å²) >= 11 is 0. The monoisotopic (exact) mass is 494 g/mol. The van der Waals surface area contributed by atoms with E-state index in [9.17, 15) is 8.42 Å². The Morgan fingerprint density at radius 2 is 1.65 bits per heavy atom. The van der Waals surface area contributed by atoms with Gasteiger partial charge in [0.05, 0.1) is 12.7 Å². The molecule has 0 radical (unpaired) electrons. The summed E-state index contributed by atoms with van der Waals surface area (Å²) in [6.45, 7) is 12.3. The second-order valence-corrected chi connectivity index (χ2v) is 10.9. The molecule has 190 valence electrons. The van der Waals surface area contributed by atoms with E-state index in [0.717, 1.165) is 11.1 Å². The van der Waals surface area contributed by atoms with Gasteiger partial charge in [-0.15, -0.1) is 0 Å². The summed E-state index contributed by atoms with van der Waals surface area (Å²) in [7, 11) is -0.858. The molecule has 8 nitrogen and oxygen atoms in total. The van der Waals surface area contributed by atoms with E-state index in [2.05, 4.69) is 5.32 Å². The van der Waals surface area contributed by atoms with Crippen LogP contribution in [0.25, 0.3) is 0 Å². The van der Waals surface area contributed by atoms with Gasteiger partial charge >= 0.3 is 0 Å². The predicted octanol–water partition coefficient (Wildman–Crippen LogP) is 4.45. The van der Waals surface area contributed by atoms with Gasteiger partial charge in [-0.25, -0.2) is 8.42 Å². The molecular weight excluding hydrogens is 456 g/mol. The molecule has 34 heavy (non-hydrogen) atoms. The Morgan fingerprint density at radius 3 is 2.18 bits per heavy atom. The standard InChI is InChI=1S/C25H38N2O6S/c1-9-27(13-12-26-24(31-8)33-25(4,5)6)34(28,29)23-17-20(30-7)10-11-22(23)32-21-15-18(2)14-19(3)16-21/h10-11,14-17,24,26H,9,12-13H2,1-8H3. The average Bonchev–Trinajstić information content (AvgIpc) is 2.74. The molecule has 0 heterocycles. The number of hydrogen-bond acceptors (Lipinski definition) is 7. The second kappa shape index (κ2) is 12.0. The van der Waals surface area contributed by atoms with Crippen LogP contribution in [0.4, 0.5) is 0 Å². The molecule has 1 N–H and O–H groups in total. The van der Waals surface area contributed by atoms with Crippen LogP contribution in [0.5, 0.6) is 17.2 Å². The van der Waals surface area contributed by atoms with E-state index in [1.807, 2.05) is 52.8 Å². The molecule has 0 aromatic heterocycles. The van der Waals surface area contributed by atoms with Gasteiger partial charge in [0.2, 0.25) is 16.4 Å². The fraction of sp³-hybridized carbons (Fsp3) is 0.520. The maximum atomic E-state index is 13.7. The second-order valence-electron chi connectivity index (χ2n) is 8.99. The van der Waals surface area contributed by atoms with Gasteiger partial charge in [-0.1, -0.05) is 13.0 Å². The number of hydrogen-bond donors (Lipinski definition) is 1. The first-order chi connectivity index (χ1) is 15.9. The van der Waals surface area contributed by atoms with Crippen molar-refractivity contribution >= 4 is 10.0 Å². The van der Waals surface area contributed by atoms with Gasteiger partial charge in [-0.3, -0.25) is 5.32 Å². The Kier molecular flexibility index (Phi) is 9.90. The molecule has 0 saturated heterocycles. The molecule has 1 atom stereocenters. The van der Waals surface area contributed by atoms with E-state index in [1.165, 1.54) is 24.6 Å². The summed E-state index contributed by atoms with van der Waals surface area (Å²) < 4.78 is 51.1. The largest absolute Gasteiger partial charge is 0.497 e. The SMILES string of the molecule is CCN(CCNC(OC)OC(C)(C)C)S(=O)(=O)c1cc(OC)ccc1Oc1cc(C)cc(C)c1. The van der Waals surface area contributed by atoms with Crippen molar-refractivity contribution in [1.29, 1.82) is 0 Å². The van der Waals surface area contributed by atoms with Crippen molar-refractivity contribution in [2.75, 3.05) is 33.9 Å². The van der Waals surface area contributed by atoms with Crippen LogP contribution in [-0.4, -0.2) is 58.6 Å². The molecule has 0 amide bonds. The number of likely N-dealkylation sites (N-methyl/N-ethyl adjacent to an activating group) is 1. The van der Waals surface area contributed by atoms with Gasteiger partial charge in [0.1, 0.15) is 22.1 Å². The van der Waals surface area contributed by atoms with E-state index in [1.54, 1.807) is 19.1 Å². The lowest BCUT2D eigenvalue weighted by Crippen LogP contribution is -2.44. The molecule has 0 aliphatic carbocycles. The number of aryl methyl sites for hydroxylation is 2. The van der Waals surface area contributed by atoms with Gasteiger partial charge in [-0.2, -0.15) is 4.31 Å². The van der Waals surface area contributed by atoms with Crippen molar-refractivity contribution in [3.63, 3.8) is 0 Å². The van der Waals surface area contributed by atoms with Crippen molar-refractivity contribution in [2.24, 2.45) is 0 Å². The van der Waals surface area contributed by atoms with Crippen LogP contribution in [0.1, 0.15) is 38.8 Å². The first-order valence-corrected chi connectivity index (χ1v) is 12.7. The highest BCUT2D eigenvalue weighted by Crippen LogP contribution is 2.34. The van der Waals surface area contributed by atoms with Crippen molar-refractivity contribution in [3.8, 4) is 17.2 Å². The molecule has 0 aliphatic heterocycles. The molecule has 0 fully saturated rings. The number of benzene rings is 2. The smallest absolute Gasteiger partial charge is 0.246 e. The molecule has 0 spiro atoms. The van der Waals surface area contributed by atoms with Crippen molar-refractivity contribution in [1.82, 2.24) is 9.62 Å². The predicted molar refractivity (Wildman–Crippen MR) is 133 cm³/mol. The number of sulfonamides is 1. The molecule has 2 aromatic rings. The van der Waals surface area contributed by atoms with Crippen molar-refractivity contribution in [2.45, 2.75) is 58.5 Å². The number of ether oxygens (including phenoxy) is 4. The van der Waals surface area contributed by atoms with Gasteiger partial charge < -0.3 is 18.9 Å². The van der Waals surface area contributed by atoms with Crippen LogP contribution in [0.3, 0.4) is 0 Å². The molecule has 1 unspecified atom stereocenters. The minimum atomic E-state index is -3.89. The Bertz CT molecular complexity index is 1030. The van der Waals surface area contributed by atoms with E-state index in [4.69, 9.17) is 18.9 Å². The van der Waals surface area contributed by atoms with Crippen LogP contribution in [0.15, 0.2) is 41.3 Å². The zero-order chi connectivity index (χ0) is 25.5. The summed E-state index contributed by atoms with van der Waals surface area (Å²) in [6, 6.07) is 10.6. The lowest BCUT2D eigenvalue weighted by molar-refractivity contribution is -0.197. The van der Waals surface area contributed by atoms with E-state index < -0.39 is 22.0 Å². The number of nitrogens with one attached hydrogen (secondary N) is 1. The maximum Gasteiger partial charge on any atom is 0.246 e. The minimum Gasteiger partial charge on any atom is -0.497 e. The van der Waals surface area contributed by atoms with Crippen LogP contribution in [0, 0.1) is 13.8 Å². The number of nitrogens with zero attached hydrogens (tertiary/aromatic N) is 1. The van der Waals surface area contributed by atoms with E-state index in [0.29, 0.717) is 18.0 Å². The highest BCUT2D eigenvalue weighted by atomic mass is 32.2. The van der Waals surface area contributed by atoms with Gasteiger partial charge in [0.15, 0.2) is 0 Å².